The number of aromatic nitrogens is 2. The van der Waals surface area contributed by atoms with Crippen molar-refractivity contribution in [3.63, 3.8) is 0 Å². The molecule has 1 saturated carbocycles. The molecule has 10 heteroatoms. The molecular formula is C23H28N4O5S. The van der Waals surface area contributed by atoms with Crippen molar-refractivity contribution in [3.05, 3.63) is 51.8 Å². The lowest BCUT2D eigenvalue weighted by Crippen LogP contribution is -2.49. The van der Waals surface area contributed by atoms with E-state index in [0.29, 0.717) is 37.7 Å². The number of fused-ring (bicyclic) bond motifs is 1. The van der Waals surface area contributed by atoms with Crippen LogP contribution in [0.3, 0.4) is 0 Å². The molecule has 0 spiro atoms. The number of nitrogens with zero attached hydrogens (tertiary/aromatic N) is 4. The number of hydrogen-bond acceptors (Lipinski definition) is 6. The van der Waals surface area contributed by atoms with Crippen LogP contribution in [0.1, 0.15) is 40.6 Å². The van der Waals surface area contributed by atoms with Crippen molar-refractivity contribution < 1.29 is 17.6 Å². The summed E-state index contributed by atoms with van der Waals surface area (Å²) in [6, 6.07) is 6.99. The first-order valence-electron chi connectivity index (χ1n) is 11.2. The molecule has 0 bridgehead atoms. The Morgan fingerprint density at radius 3 is 2.45 bits per heavy atom. The summed E-state index contributed by atoms with van der Waals surface area (Å²) >= 11 is 0. The van der Waals surface area contributed by atoms with E-state index in [1.807, 2.05) is 24.8 Å². The molecule has 1 aliphatic carbocycles. The summed E-state index contributed by atoms with van der Waals surface area (Å²) < 4.78 is 36.4. The minimum absolute atomic E-state index is 0.0795. The number of piperazine rings is 1. The van der Waals surface area contributed by atoms with Crippen LogP contribution in [0.25, 0.3) is 11.1 Å². The Hall–Kier alpha value is -2.69. The zero-order valence-corrected chi connectivity index (χ0v) is 19.9. The second kappa shape index (κ2) is 7.96. The molecule has 9 nitrogen and oxygen atoms in total. The van der Waals surface area contributed by atoms with E-state index >= 15 is 0 Å². The third-order valence-corrected chi connectivity index (χ3v) is 8.69. The molecule has 2 aliphatic rings. The number of Topliss-reactive ketones (excluding diaryl/α,β-unsaturated/α-hetero) is 1. The molecule has 2 aromatic heterocycles. The summed E-state index contributed by atoms with van der Waals surface area (Å²) in [5, 5.41) is 0. The molecule has 3 aromatic rings. The minimum atomic E-state index is -3.73. The van der Waals surface area contributed by atoms with Crippen LogP contribution >= 0.6 is 0 Å². The average molecular weight is 473 g/mol. The second-order valence-corrected chi connectivity index (χ2v) is 11.0. The fourth-order valence-electron chi connectivity index (χ4n) is 4.79. The highest BCUT2D eigenvalue weighted by molar-refractivity contribution is 7.89. The van der Waals surface area contributed by atoms with Gasteiger partial charge in [0.2, 0.25) is 10.0 Å². The fraction of sp³-hybridized carbons (Fsp3) is 0.478. The monoisotopic (exact) mass is 472 g/mol. The highest BCUT2D eigenvalue weighted by Crippen LogP contribution is 2.38. The summed E-state index contributed by atoms with van der Waals surface area (Å²) in [6.45, 7) is 5.90. The largest absolute Gasteiger partial charge is 0.419 e. The van der Waals surface area contributed by atoms with Crippen molar-refractivity contribution in [2.45, 2.75) is 37.6 Å². The molecule has 176 valence electrons. The molecule has 0 N–H and O–H groups in total. The lowest BCUT2D eigenvalue weighted by molar-refractivity contribution is 0.0901. The Balaban J connectivity index is 1.25. The van der Waals surface area contributed by atoms with Gasteiger partial charge in [-0.25, -0.2) is 13.2 Å². The molecule has 33 heavy (non-hydrogen) atoms. The van der Waals surface area contributed by atoms with Gasteiger partial charge in [-0.3, -0.25) is 14.3 Å². The zero-order chi connectivity index (χ0) is 23.5. The normalized spacial score (nSPS) is 18.3. The molecule has 0 amide bonds. The quantitative estimate of drug-likeness (QED) is 0.510. The summed E-state index contributed by atoms with van der Waals surface area (Å²) in [5.74, 6) is -0.452. The van der Waals surface area contributed by atoms with Gasteiger partial charge in [-0.05, 0) is 44.9 Å². The number of carbonyl (C=O) groups excluding carboxylic acids is 1. The van der Waals surface area contributed by atoms with Crippen molar-refractivity contribution in [1.82, 2.24) is 18.3 Å². The molecule has 2 fully saturated rings. The van der Waals surface area contributed by atoms with Crippen molar-refractivity contribution in [1.29, 1.82) is 0 Å². The van der Waals surface area contributed by atoms with Crippen LogP contribution in [0.2, 0.25) is 0 Å². The van der Waals surface area contributed by atoms with E-state index in [1.54, 1.807) is 13.1 Å². The van der Waals surface area contributed by atoms with Gasteiger partial charge in [0.25, 0.3) is 0 Å². The van der Waals surface area contributed by atoms with E-state index in [9.17, 15) is 18.0 Å². The SMILES string of the molecule is Cc1cc(C(=O)CN2CCN(S(=O)(=O)c3ccc4c(c3)oc(=O)n4C)CC2)c(C)n1C1CC1. The number of hydrogen-bond donors (Lipinski definition) is 0. The first kappa shape index (κ1) is 22.1. The van der Waals surface area contributed by atoms with E-state index in [1.165, 1.54) is 33.8 Å². The lowest BCUT2D eigenvalue weighted by atomic mass is 10.1. The van der Waals surface area contributed by atoms with Crippen molar-refractivity contribution >= 4 is 26.9 Å². The van der Waals surface area contributed by atoms with E-state index < -0.39 is 15.8 Å². The summed E-state index contributed by atoms with van der Waals surface area (Å²) in [7, 11) is -2.15. The Bertz CT molecular complexity index is 1400. The second-order valence-electron chi connectivity index (χ2n) is 9.05. The van der Waals surface area contributed by atoms with E-state index in [0.717, 1.165) is 17.0 Å². The van der Waals surface area contributed by atoms with Gasteiger partial charge in [0, 0.05) is 62.3 Å². The zero-order valence-electron chi connectivity index (χ0n) is 19.1. The predicted octanol–water partition coefficient (Wildman–Crippen LogP) is 2.07. The molecule has 0 unspecified atom stereocenters. The van der Waals surface area contributed by atoms with Gasteiger partial charge in [0.15, 0.2) is 11.4 Å². The Kier molecular flexibility index (Phi) is 5.34. The first-order valence-corrected chi connectivity index (χ1v) is 12.6. The summed E-state index contributed by atoms with van der Waals surface area (Å²) in [5.41, 5.74) is 3.72. The molecule has 0 atom stereocenters. The van der Waals surface area contributed by atoms with Crippen molar-refractivity contribution in [3.8, 4) is 0 Å². The molecular weight excluding hydrogens is 444 g/mol. The van der Waals surface area contributed by atoms with Crippen LogP contribution in [0.4, 0.5) is 0 Å². The minimum Gasteiger partial charge on any atom is -0.408 e. The number of sulfonamides is 1. The van der Waals surface area contributed by atoms with Crippen LogP contribution in [0, 0.1) is 13.8 Å². The smallest absolute Gasteiger partial charge is 0.408 e. The van der Waals surface area contributed by atoms with Gasteiger partial charge in [-0.1, -0.05) is 0 Å². The van der Waals surface area contributed by atoms with Gasteiger partial charge < -0.3 is 8.98 Å². The third-order valence-electron chi connectivity index (χ3n) is 6.80. The summed E-state index contributed by atoms with van der Waals surface area (Å²) in [4.78, 5) is 26.8. The van der Waals surface area contributed by atoms with Gasteiger partial charge in [-0.2, -0.15) is 4.31 Å². The lowest BCUT2D eigenvalue weighted by Gasteiger charge is -2.33. The average Bonchev–Trinajstić information content (AvgIpc) is 3.51. The predicted molar refractivity (Wildman–Crippen MR) is 123 cm³/mol. The first-order chi connectivity index (χ1) is 15.7. The van der Waals surface area contributed by atoms with E-state index in [-0.39, 0.29) is 22.8 Å². The van der Waals surface area contributed by atoms with E-state index in [4.69, 9.17) is 4.42 Å². The van der Waals surface area contributed by atoms with Crippen LogP contribution < -0.4 is 5.76 Å². The number of rotatable bonds is 6. The van der Waals surface area contributed by atoms with Crippen molar-refractivity contribution in [2.75, 3.05) is 32.7 Å². The number of carbonyl (C=O) groups is 1. The van der Waals surface area contributed by atoms with Crippen LogP contribution in [0.15, 0.2) is 38.4 Å². The Morgan fingerprint density at radius 1 is 1.09 bits per heavy atom. The number of benzene rings is 1. The standard InChI is InChI=1S/C23H28N4O5S/c1-15-12-19(16(2)27(15)17-4-5-17)21(28)14-25-8-10-26(11-9-25)33(30,31)18-6-7-20-22(13-18)32-23(29)24(20)3/h6-7,12-13,17H,4-5,8-11,14H2,1-3H3. The molecule has 1 aliphatic heterocycles. The molecule has 1 saturated heterocycles. The summed E-state index contributed by atoms with van der Waals surface area (Å²) in [6.07, 6.45) is 2.34. The van der Waals surface area contributed by atoms with Crippen LogP contribution in [-0.4, -0.2) is 65.3 Å². The van der Waals surface area contributed by atoms with Gasteiger partial charge in [0.1, 0.15) is 0 Å². The fourth-order valence-corrected chi connectivity index (χ4v) is 6.23. The number of aryl methyl sites for hydroxylation is 2. The van der Waals surface area contributed by atoms with Crippen LogP contribution in [-0.2, 0) is 17.1 Å². The highest BCUT2D eigenvalue weighted by Gasteiger charge is 2.31. The van der Waals surface area contributed by atoms with Gasteiger partial charge in [0.05, 0.1) is 17.0 Å². The number of ketones is 1. The highest BCUT2D eigenvalue weighted by atomic mass is 32.2. The molecule has 1 aromatic carbocycles. The van der Waals surface area contributed by atoms with Gasteiger partial charge >= 0.3 is 5.76 Å². The maximum atomic E-state index is 13.1. The third kappa shape index (κ3) is 3.85. The van der Waals surface area contributed by atoms with Crippen molar-refractivity contribution in [2.24, 2.45) is 7.05 Å². The topological polar surface area (TPSA) is 97.8 Å². The molecule has 3 heterocycles. The van der Waals surface area contributed by atoms with Gasteiger partial charge in [-0.15, -0.1) is 0 Å². The maximum absolute atomic E-state index is 13.1. The Morgan fingerprint density at radius 2 is 1.79 bits per heavy atom. The maximum Gasteiger partial charge on any atom is 0.419 e. The Labute approximate surface area is 192 Å². The number of oxazole rings is 1. The molecule has 0 radical (unpaired) electrons. The van der Waals surface area contributed by atoms with Crippen LogP contribution in [0.5, 0.6) is 0 Å². The molecule has 5 rings (SSSR count). The van der Waals surface area contributed by atoms with E-state index in [2.05, 4.69) is 4.57 Å².